The van der Waals surface area contributed by atoms with Crippen LogP contribution in [0.1, 0.15) is 17.7 Å². The van der Waals surface area contributed by atoms with E-state index in [0.717, 1.165) is 0 Å². The van der Waals surface area contributed by atoms with Crippen molar-refractivity contribution in [2.75, 3.05) is 18.1 Å². The van der Waals surface area contributed by atoms with E-state index in [0.29, 0.717) is 17.7 Å². The molecule has 142 valence electrons. The molecule has 1 aliphatic rings. The molecule has 27 heavy (non-hydrogen) atoms. The summed E-state index contributed by atoms with van der Waals surface area (Å²) in [6.45, 7) is -0.140. The minimum atomic E-state index is -3.15. The van der Waals surface area contributed by atoms with E-state index in [4.69, 9.17) is 26.0 Å². The van der Waals surface area contributed by atoms with Gasteiger partial charge >= 0.3 is 0 Å². The summed E-state index contributed by atoms with van der Waals surface area (Å²) in [5.41, 5.74) is 0.384. The van der Waals surface area contributed by atoms with Gasteiger partial charge in [0.25, 0.3) is 5.91 Å². The molecule has 2 heterocycles. The molecular formula is C18H17ClN2O5S. The second kappa shape index (κ2) is 8.03. The van der Waals surface area contributed by atoms with Gasteiger partial charge in [0, 0.05) is 6.04 Å². The third kappa shape index (κ3) is 4.81. The highest BCUT2D eigenvalue weighted by atomic mass is 35.5. The van der Waals surface area contributed by atoms with Crippen molar-refractivity contribution >= 4 is 27.3 Å². The van der Waals surface area contributed by atoms with Crippen LogP contribution in [0.25, 0.3) is 0 Å². The van der Waals surface area contributed by atoms with Gasteiger partial charge in [0.2, 0.25) is 0 Å². The molecule has 1 aliphatic heterocycles. The molecule has 0 unspecified atom stereocenters. The third-order valence-electron chi connectivity index (χ3n) is 4.29. The van der Waals surface area contributed by atoms with E-state index in [-0.39, 0.29) is 41.3 Å². The fourth-order valence-corrected chi connectivity index (χ4v) is 4.89. The van der Waals surface area contributed by atoms with E-state index in [9.17, 15) is 13.2 Å². The molecule has 1 atom stereocenters. The number of halogens is 1. The van der Waals surface area contributed by atoms with E-state index >= 15 is 0 Å². The monoisotopic (exact) mass is 408 g/mol. The second-order valence-electron chi connectivity index (χ2n) is 6.20. The van der Waals surface area contributed by atoms with Crippen molar-refractivity contribution in [3.05, 3.63) is 52.9 Å². The van der Waals surface area contributed by atoms with Crippen molar-refractivity contribution in [2.45, 2.75) is 19.0 Å². The van der Waals surface area contributed by atoms with Gasteiger partial charge in [-0.2, -0.15) is 5.26 Å². The molecule has 1 amide bonds. The second-order valence-corrected chi connectivity index (χ2v) is 8.84. The molecule has 7 nitrogen and oxygen atoms in total. The van der Waals surface area contributed by atoms with Gasteiger partial charge in [0.05, 0.1) is 41.0 Å². The van der Waals surface area contributed by atoms with Gasteiger partial charge in [-0.05, 0) is 36.8 Å². The van der Waals surface area contributed by atoms with E-state index < -0.39 is 15.9 Å². The van der Waals surface area contributed by atoms with Crippen molar-refractivity contribution in [2.24, 2.45) is 0 Å². The summed E-state index contributed by atoms with van der Waals surface area (Å²) in [5.74, 6) is 0.456. The standard InChI is InChI=1S/C18H17ClN2O5S/c19-16-8-13(9-20)3-4-17(16)26-11-18(22)21(10-15-2-1-6-25-15)14-5-7-27(23,24)12-14/h1-4,6,8,14H,5,7,10-12H2/t14-/m0/s1. The Bertz CT molecular complexity index is 966. The predicted octanol–water partition coefficient (Wildman–Crippen LogP) is 2.40. The van der Waals surface area contributed by atoms with Crippen LogP contribution in [0.4, 0.5) is 0 Å². The van der Waals surface area contributed by atoms with Crippen molar-refractivity contribution in [3.8, 4) is 11.8 Å². The molecule has 0 saturated carbocycles. The zero-order chi connectivity index (χ0) is 19.4. The number of ether oxygens (including phenoxy) is 1. The number of hydrogen-bond donors (Lipinski definition) is 0. The number of sulfone groups is 1. The lowest BCUT2D eigenvalue weighted by atomic mass is 10.2. The minimum Gasteiger partial charge on any atom is -0.482 e. The molecule has 1 aromatic heterocycles. The first-order chi connectivity index (χ1) is 12.9. The highest BCUT2D eigenvalue weighted by molar-refractivity contribution is 7.91. The summed E-state index contributed by atoms with van der Waals surface area (Å²) in [5, 5.41) is 9.09. The first-order valence-corrected chi connectivity index (χ1v) is 10.4. The molecule has 0 N–H and O–H groups in total. The topological polar surface area (TPSA) is 101 Å². The van der Waals surface area contributed by atoms with Gasteiger partial charge in [-0.1, -0.05) is 11.6 Å². The van der Waals surface area contributed by atoms with E-state index in [2.05, 4.69) is 0 Å². The fraction of sp³-hybridized carbons (Fsp3) is 0.333. The predicted molar refractivity (Wildman–Crippen MR) is 98.0 cm³/mol. The van der Waals surface area contributed by atoms with Crippen LogP contribution in [0, 0.1) is 11.3 Å². The van der Waals surface area contributed by atoms with Gasteiger partial charge in [-0.3, -0.25) is 4.79 Å². The van der Waals surface area contributed by atoms with Crippen molar-refractivity contribution in [1.82, 2.24) is 4.90 Å². The van der Waals surface area contributed by atoms with Gasteiger partial charge < -0.3 is 14.1 Å². The average molecular weight is 409 g/mol. The Morgan fingerprint density at radius 2 is 2.22 bits per heavy atom. The number of furan rings is 1. The molecule has 1 fully saturated rings. The van der Waals surface area contributed by atoms with Crippen LogP contribution in [0.2, 0.25) is 5.02 Å². The lowest BCUT2D eigenvalue weighted by molar-refractivity contribution is -0.136. The van der Waals surface area contributed by atoms with Crippen molar-refractivity contribution < 1.29 is 22.4 Å². The van der Waals surface area contributed by atoms with Crippen LogP contribution in [-0.2, 0) is 21.2 Å². The van der Waals surface area contributed by atoms with Gasteiger partial charge in [0.1, 0.15) is 11.5 Å². The van der Waals surface area contributed by atoms with Crippen LogP contribution in [0.15, 0.2) is 41.0 Å². The van der Waals surface area contributed by atoms with Crippen LogP contribution in [0.3, 0.4) is 0 Å². The van der Waals surface area contributed by atoms with Gasteiger partial charge in [-0.25, -0.2) is 8.42 Å². The highest BCUT2D eigenvalue weighted by Crippen LogP contribution is 2.26. The molecule has 9 heteroatoms. The van der Waals surface area contributed by atoms with E-state index in [1.165, 1.54) is 29.4 Å². The Balaban J connectivity index is 1.72. The normalized spacial score (nSPS) is 18.0. The summed E-state index contributed by atoms with van der Waals surface area (Å²) < 4.78 is 34.4. The Morgan fingerprint density at radius 1 is 1.41 bits per heavy atom. The molecular weight excluding hydrogens is 392 g/mol. The molecule has 3 rings (SSSR count). The molecule has 0 aliphatic carbocycles. The molecule has 1 aromatic carbocycles. The molecule has 0 spiro atoms. The van der Waals surface area contributed by atoms with E-state index in [1.54, 1.807) is 12.1 Å². The van der Waals surface area contributed by atoms with Crippen LogP contribution in [0.5, 0.6) is 5.75 Å². The summed E-state index contributed by atoms with van der Waals surface area (Å²) in [7, 11) is -3.15. The zero-order valence-corrected chi connectivity index (χ0v) is 15.9. The van der Waals surface area contributed by atoms with Gasteiger partial charge in [0.15, 0.2) is 16.4 Å². The maximum absolute atomic E-state index is 12.7. The number of hydrogen-bond acceptors (Lipinski definition) is 6. The lowest BCUT2D eigenvalue weighted by Gasteiger charge is -2.27. The highest BCUT2D eigenvalue weighted by Gasteiger charge is 2.35. The van der Waals surface area contributed by atoms with E-state index in [1.807, 2.05) is 6.07 Å². The van der Waals surface area contributed by atoms with Crippen molar-refractivity contribution in [3.63, 3.8) is 0 Å². The number of carbonyl (C=O) groups is 1. The zero-order valence-electron chi connectivity index (χ0n) is 14.3. The Morgan fingerprint density at radius 3 is 2.81 bits per heavy atom. The van der Waals surface area contributed by atoms with Crippen LogP contribution in [-0.4, -0.2) is 43.4 Å². The fourth-order valence-electron chi connectivity index (χ4n) is 2.92. The minimum absolute atomic E-state index is 0.0574. The summed E-state index contributed by atoms with van der Waals surface area (Å²) in [6.07, 6.45) is 1.88. The van der Waals surface area contributed by atoms with Crippen LogP contribution >= 0.6 is 11.6 Å². The third-order valence-corrected chi connectivity index (χ3v) is 6.33. The summed E-state index contributed by atoms with van der Waals surface area (Å²) >= 11 is 6.06. The smallest absolute Gasteiger partial charge is 0.261 e. The Labute approximate surface area is 162 Å². The Hall–Kier alpha value is -2.50. The molecule has 2 aromatic rings. The number of rotatable bonds is 6. The summed E-state index contributed by atoms with van der Waals surface area (Å²) in [6, 6.07) is 9.48. The number of benzene rings is 1. The maximum Gasteiger partial charge on any atom is 0.261 e. The maximum atomic E-state index is 12.7. The number of carbonyl (C=O) groups excluding carboxylic acids is 1. The SMILES string of the molecule is N#Cc1ccc(OCC(=O)N(Cc2ccco2)[C@H]2CCS(=O)(=O)C2)c(Cl)c1. The largest absolute Gasteiger partial charge is 0.482 e. The molecule has 0 bridgehead atoms. The lowest BCUT2D eigenvalue weighted by Crippen LogP contribution is -2.43. The van der Waals surface area contributed by atoms with Crippen LogP contribution < -0.4 is 4.74 Å². The summed E-state index contributed by atoms with van der Waals surface area (Å²) in [4.78, 5) is 14.2. The number of nitriles is 1. The quantitative estimate of drug-likeness (QED) is 0.727. The average Bonchev–Trinajstić information content (AvgIpc) is 3.27. The van der Waals surface area contributed by atoms with Gasteiger partial charge in [-0.15, -0.1) is 0 Å². The number of amides is 1. The first kappa shape index (κ1) is 19.3. The molecule has 0 radical (unpaired) electrons. The first-order valence-electron chi connectivity index (χ1n) is 8.23. The molecule has 1 saturated heterocycles. The van der Waals surface area contributed by atoms with Crippen molar-refractivity contribution in [1.29, 1.82) is 5.26 Å². The number of nitrogens with zero attached hydrogens (tertiary/aromatic N) is 2. The Kier molecular flexibility index (Phi) is 5.73.